The lowest BCUT2D eigenvalue weighted by Crippen LogP contribution is -2.55. The predicted molar refractivity (Wildman–Crippen MR) is 129 cm³/mol. The smallest absolute Gasteiger partial charge is 0.378 e. The van der Waals surface area contributed by atoms with Gasteiger partial charge in [0.25, 0.3) is 0 Å². The minimum Gasteiger partial charge on any atom is -0.378 e. The number of halogens is 5. The van der Waals surface area contributed by atoms with Crippen LogP contribution >= 0.6 is 11.6 Å². The molecule has 0 saturated carbocycles. The molecule has 0 unspecified atom stereocenters. The molecule has 6 rings (SSSR count). The molecule has 0 bridgehead atoms. The van der Waals surface area contributed by atoms with E-state index in [0.29, 0.717) is 69.7 Å². The van der Waals surface area contributed by atoms with Crippen molar-refractivity contribution >= 4 is 39.8 Å². The van der Waals surface area contributed by atoms with Crippen molar-refractivity contribution in [3.63, 3.8) is 0 Å². The minimum atomic E-state index is -4.54. The number of aromatic amines is 1. The lowest BCUT2D eigenvalue weighted by Gasteiger charge is -2.42. The Morgan fingerprint density at radius 2 is 1.92 bits per heavy atom. The van der Waals surface area contributed by atoms with Crippen LogP contribution in [0.3, 0.4) is 0 Å². The van der Waals surface area contributed by atoms with E-state index in [0.717, 1.165) is 6.20 Å². The fourth-order valence-corrected chi connectivity index (χ4v) is 5.48. The normalized spacial score (nSPS) is 24.0. The molecular weight excluding hydrogens is 518 g/mol. The second-order valence-corrected chi connectivity index (χ2v) is 9.88. The van der Waals surface area contributed by atoms with Crippen LogP contribution in [0.2, 0.25) is 5.15 Å². The molecule has 9 nitrogen and oxygen atoms in total. The van der Waals surface area contributed by atoms with E-state index in [1.807, 2.05) is 4.90 Å². The van der Waals surface area contributed by atoms with Gasteiger partial charge in [-0.15, -0.1) is 0 Å². The van der Waals surface area contributed by atoms with Crippen LogP contribution in [0.4, 0.5) is 34.8 Å². The van der Waals surface area contributed by atoms with Crippen LogP contribution < -0.4 is 10.2 Å². The maximum atomic E-state index is 15.1. The Kier molecular flexibility index (Phi) is 6.42. The number of anilines is 3. The van der Waals surface area contributed by atoms with E-state index in [-0.39, 0.29) is 28.8 Å². The molecule has 3 saturated heterocycles. The molecule has 0 aromatic carbocycles. The highest BCUT2D eigenvalue weighted by atomic mass is 35.5. The fraction of sp³-hybridized carbons (Fsp3) is 0.565. The third-order valence-corrected chi connectivity index (χ3v) is 7.64. The first-order valence-electron chi connectivity index (χ1n) is 12.2. The number of fused-ring (bicyclic) bond motifs is 1. The summed E-state index contributed by atoms with van der Waals surface area (Å²) in [6.07, 6.45) is -2.73. The van der Waals surface area contributed by atoms with E-state index in [1.165, 1.54) is 10.9 Å². The predicted octanol–water partition coefficient (Wildman–Crippen LogP) is 4.00. The number of hydrogen-bond donors (Lipinski definition) is 2. The SMILES string of the molecule is F[C@H]1CN(C2COC2)CC[C@@H]1n1ncc(Nc2cc(N3CCOCC3)c3c(C(F)(F)F)c[nH]c3n2)c1Cl. The van der Waals surface area contributed by atoms with Crippen LogP contribution in [0, 0.1) is 0 Å². The van der Waals surface area contributed by atoms with Gasteiger partial charge in [-0.2, -0.15) is 18.3 Å². The monoisotopic (exact) mass is 543 g/mol. The highest BCUT2D eigenvalue weighted by molar-refractivity contribution is 6.32. The molecule has 0 amide bonds. The number of rotatable bonds is 5. The van der Waals surface area contributed by atoms with Gasteiger partial charge in [0.2, 0.25) is 0 Å². The summed E-state index contributed by atoms with van der Waals surface area (Å²) < 4.78 is 68.4. The zero-order valence-electron chi connectivity index (χ0n) is 19.8. The number of H-pyrrole nitrogens is 1. The number of ether oxygens (including phenoxy) is 2. The summed E-state index contributed by atoms with van der Waals surface area (Å²) in [5.41, 5.74) is 0.108. The summed E-state index contributed by atoms with van der Waals surface area (Å²) in [6, 6.07) is 1.32. The van der Waals surface area contributed by atoms with E-state index >= 15 is 4.39 Å². The number of piperidine rings is 1. The van der Waals surface area contributed by atoms with E-state index in [4.69, 9.17) is 21.1 Å². The Morgan fingerprint density at radius 1 is 1.14 bits per heavy atom. The summed E-state index contributed by atoms with van der Waals surface area (Å²) in [6.45, 7) is 3.97. The molecule has 2 atom stereocenters. The second-order valence-electron chi connectivity index (χ2n) is 9.53. The number of likely N-dealkylation sites (tertiary alicyclic amines) is 1. The van der Waals surface area contributed by atoms with Gasteiger partial charge in [0.05, 0.1) is 67.0 Å². The molecule has 0 aliphatic carbocycles. The van der Waals surface area contributed by atoms with Crippen LogP contribution in [-0.4, -0.2) is 89.5 Å². The largest absolute Gasteiger partial charge is 0.418 e. The van der Waals surface area contributed by atoms with E-state index in [2.05, 4.69) is 25.3 Å². The lowest BCUT2D eigenvalue weighted by molar-refractivity contribution is -0.136. The first kappa shape index (κ1) is 24.7. The summed E-state index contributed by atoms with van der Waals surface area (Å²) >= 11 is 6.61. The quantitative estimate of drug-likeness (QED) is 0.471. The Labute approximate surface area is 214 Å². The van der Waals surface area contributed by atoms with Gasteiger partial charge >= 0.3 is 6.18 Å². The molecule has 3 aliphatic heterocycles. The van der Waals surface area contributed by atoms with Gasteiger partial charge in [-0.3, -0.25) is 4.90 Å². The number of aromatic nitrogens is 4. The standard InChI is InChI=1S/C23H26ClF4N7O2/c24-21-16(9-30-35(21)17-1-2-34(10-15(17)25)13-11-37-12-13)31-19-7-18(33-3-5-36-6-4-33)20-14(23(26,27)28)8-29-22(20)32-19/h7-9,13,15,17H,1-6,10-12H2,(H2,29,31,32)/t15-,17-/m0/s1. The Balaban J connectivity index is 1.28. The van der Waals surface area contributed by atoms with E-state index in [9.17, 15) is 13.2 Å². The Bertz CT molecular complexity index is 1270. The van der Waals surface area contributed by atoms with Crippen LogP contribution in [0.1, 0.15) is 18.0 Å². The number of morpholine rings is 1. The Morgan fingerprint density at radius 3 is 2.59 bits per heavy atom. The summed E-state index contributed by atoms with van der Waals surface area (Å²) in [5.74, 6) is 0.294. The lowest BCUT2D eigenvalue weighted by atomic mass is 10.0. The van der Waals surface area contributed by atoms with Gasteiger partial charge in [0.1, 0.15) is 17.6 Å². The first-order valence-corrected chi connectivity index (χ1v) is 12.6. The highest BCUT2D eigenvalue weighted by Gasteiger charge is 2.38. The van der Waals surface area contributed by atoms with Crippen LogP contribution in [-0.2, 0) is 15.7 Å². The molecular formula is C23H26ClF4N7O2. The molecule has 3 aromatic rings. The maximum absolute atomic E-state index is 15.1. The maximum Gasteiger partial charge on any atom is 0.418 e. The summed E-state index contributed by atoms with van der Waals surface area (Å²) in [5, 5.41) is 7.62. The van der Waals surface area contributed by atoms with E-state index in [1.54, 1.807) is 6.07 Å². The fourth-order valence-electron chi connectivity index (χ4n) is 5.21. The molecule has 37 heavy (non-hydrogen) atoms. The third kappa shape index (κ3) is 4.62. The van der Waals surface area contributed by atoms with Gasteiger partial charge in [0, 0.05) is 38.4 Å². The van der Waals surface area contributed by atoms with Crippen LogP contribution in [0.5, 0.6) is 0 Å². The Hall–Kier alpha value is -2.61. The molecule has 3 fully saturated rings. The molecule has 3 aliphatic rings. The van der Waals surface area contributed by atoms with Crippen molar-refractivity contribution in [1.29, 1.82) is 0 Å². The van der Waals surface area contributed by atoms with Gasteiger partial charge in [-0.25, -0.2) is 14.1 Å². The first-order chi connectivity index (χ1) is 17.8. The second kappa shape index (κ2) is 9.61. The molecule has 14 heteroatoms. The van der Waals surface area contributed by atoms with Gasteiger partial charge in [0.15, 0.2) is 5.15 Å². The zero-order valence-corrected chi connectivity index (χ0v) is 20.5. The molecule has 3 aromatic heterocycles. The third-order valence-electron chi connectivity index (χ3n) is 7.27. The highest BCUT2D eigenvalue weighted by Crippen LogP contribution is 2.41. The van der Waals surface area contributed by atoms with Crippen molar-refractivity contribution in [2.24, 2.45) is 0 Å². The number of nitrogens with one attached hydrogen (secondary N) is 2. The van der Waals surface area contributed by atoms with Crippen molar-refractivity contribution in [1.82, 2.24) is 24.6 Å². The van der Waals surface area contributed by atoms with Gasteiger partial charge in [-0.1, -0.05) is 11.6 Å². The van der Waals surface area contributed by atoms with Crippen molar-refractivity contribution in [2.45, 2.75) is 30.9 Å². The van der Waals surface area contributed by atoms with Crippen LogP contribution in [0.25, 0.3) is 11.0 Å². The number of hydrogen-bond acceptors (Lipinski definition) is 7. The van der Waals surface area contributed by atoms with Crippen molar-refractivity contribution in [3.8, 4) is 0 Å². The van der Waals surface area contributed by atoms with Crippen molar-refractivity contribution in [2.75, 3.05) is 62.8 Å². The van der Waals surface area contributed by atoms with Crippen molar-refractivity contribution in [3.05, 3.63) is 29.2 Å². The van der Waals surface area contributed by atoms with Gasteiger partial charge in [-0.05, 0) is 6.42 Å². The molecule has 0 spiro atoms. The number of pyridine rings is 1. The number of nitrogens with zero attached hydrogens (tertiary/aromatic N) is 5. The molecule has 0 radical (unpaired) electrons. The molecule has 6 heterocycles. The van der Waals surface area contributed by atoms with Crippen molar-refractivity contribution < 1.29 is 27.0 Å². The zero-order chi connectivity index (χ0) is 25.7. The van der Waals surface area contributed by atoms with Gasteiger partial charge < -0.3 is 24.7 Å². The number of alkyl halides is 4. The molecule has 2 N–H and O–H groups in total. The van der Waals surface area contributed by atoms with E-state index < -0.39 is 24.0 Å². The summed E-state index contributed by atoms with van der Waals surface area (Å²) in [4.78, 5) is 11.0. The molecule has 200 valence electrons. The topological polar surface area (TPSA) is 83.5 Å². The average Bonchev–Trinajstić information content (AvgIpc) is 3.42. The minimum absolute atomic E-state index is 0.00522. The van der Waals surface area contributed by atoms with Crippen LogP contribution in [0.15, 0.2) is 18.5 Å². The average molecular weight is 544 g/mol. The summed E-state index contributed by atoms with van der Waals surface area (Å²) in [7, 11) is 0.